The molecule has 2 rings (SSSR count). The minimum Gasteiger partial charge on any atom is -0.478 e. The summed E-state index contributed by atoms with van der Waals surface area (Å²) in [6.45, 7) is 0. The highest BCUT2D eigenvalue weighted by atomic mass is 32.2. The maximum Gasteiger partial charge on any atom is 0.328 e. The van der Waals surface area contributed by atoms with Crippen molar-refractivity contribution in [2.45, 2.75) is 11.3 Å². The van der Waals surface area contributed by atoms with Crippen molar-refractivity contribution < 1.29 is 9.90 Å². The van der Waals surface area contributed by atoms with Gasteiger partial charge in [-0.15, -0.1) is 11.8 Å². The molecule has 0 radical (unpaired) electrons. The van der Waals surface area contributed by atoms with Crippen molar-refractivity contribution in [3.8, 4) is 0 Å². The maximum atomic E-state index is 10.6. The quantitative estimate of drug-likeness (QED) is 0.640. The second-order valence-corrected chi connectivity index (χ2v) is 5.43. The van der Waals surface area contributed by atoms with Crippen LogP contribution in [0.25, 0.3) is 6.08 Å². The highest BCUT2D eigenvalue weighted by Crippen LogP contribution is 2.24. The van der Waals surface area contributed by atoms with Gasteiger partial charge in [-0.2, -0.15) is 0 Å². The smallest absolute Gasteiger partial charge is 0.328 e. The van der Waals surface area contributed by atoms with E-state index in [-0.39, 0.29) is 0 Å². The molecule has 1 N–H and O–H groups in total. The Morgan fingerprint density at radius 3 is 2.50 bits per heavy atom. The van der Waals surface area contributed by atoms with E-state index in [1.54, 1.807) is 17.8 Å². The number of thioether (sulfide) groups is 1. The number of benzene rings is 2. The molecule has 0 bridgehead atoms. The van der Waals surface area contributed by atoms with Crippen molar-refractivity contribution in [2.24, 2.45) is 0 Å². The van der Waals surface area contributed by atoms with E-state index >= 15 is 0 Å². The summed E-state index contributed by atoms with van der Waals surface area (Å²) in [6, 6.07) is 18.2. The minimum absolute atomic E-state index is 0.922. The van der Waals surface area contributed by atoms with Gasteiger partial charge in [0, 0.05) is 16.7 Å². The standard InChI is InChI=1S/C17H16O2S/c18-17(19)11-10-15-8-4-5-9-16(15)20-13-12-14-6-2-1-3-7-14/h1-11H,12-13H2,(H,18,19). The van der Waals surface area contributed by atoms with Gasteiger partial charge in [0.15, 0.2) is 0 Å². The Labute approximate surface area is 123 Å². The largest absolute Gasteiger partial charge is 0.478 e. The Kier molecular flexibility index (Phi) is 5.44. The van der Waals surface area contributed by atoms with E-state index in [2.05, 4.69) is 12.1 Å². The van der Waals surface area contributed by atoms with Crippen molar-refractivity contribution in [1.29, 1.82) is 0 Å². The van der Waals surface area contributed by atoms with Crippen molar-refractivity contribution in [3.05, 3.63) is 71.8 Å². The third kappa shape index (κ3) is 4.59. The Hall–Kier alpha value is -2.00. The molecule has 0 fully saturated rings. The highest BCUT2D eigenvalue weighted by Gasteiger charge is 2.00. The van der Waals surface area contributed by atoms with Gasteiger partial charge in [0.05, 0.1) is 0 Å². The van der Waals surface area contributed by atoms with Crippen molar-refractivity contribution in [3.63, 3.8) is 0 Å². The second kappa shape index (κ2) is 7.56. The number of aryl methyl sites for hydroxylation is 1. The van der Waals surface area contributed by atoms with E-state index in [1.807, 2.05) is 42.5 Å². The lowest BCUT2D eigenvalue weighted by molar-refractivity contribution is -0.131. The van der Waals surface area contributed by atoms with E-state index in [4.69, 9.17) is 5.11 Å². The third-order valence-corrected chi connectivity index (χ3v) is 3.91. The molecule has 0 saturated heterocycles. The van der Waals surface area contributed by atoms with E-state index < -0.39 is 5.97 Å². The zero-order valence-corrected chi connectivity index (χ0v) is 11.8. The summed E-state index contributed by atoms with van der Waals surface area (Å²) in [5.74, 6) is 0.0520. The fourth-order valence-electron chi connectivity index (χ4n) is 1.83. The Morgan fingerprint density at radius 2 is 1.75 bits per heavy atom. The molecular formula is C17H16O2S. The van der Waals surface area contributed by atoms with Gasteiger partial charge in [0.1, 0.15) is 0 Å². The van der Waals surface area contributed by atoms with Crippen LogP contribution in [0.5, 0.6) is 0 Å². The molecule has 20 heavy (non-hydrogen) atoms. The average molecular weight is 284 g/mol. The fraction of sp³-hybridized carbons (Fsp3) is 0.118. The normalized spacial score (nSPS) is 10.8. The summed E-state index contributed by atoms with van der Waals surface area (Å²) in [7, 11) is 0. The summed E-state index contributed by atoms with van der Waals surface area (Å²) in [5, 5.41) is 8.70. The van der Waals surface area contributed by atoms with Gasteiger partial charge in [-0.05, 0) is 29.7 Å². The molecule has 102 valence electrons. The molecule has 2 aromatic rings. The molecular weight excluding hydrogens is 268 g/mol. The SMILES string of the molecule is O=C(O)C=Cc1ccccc1SCCc1ccccc1. The van der Waals surface area contributed by atoms with Gasteiger partial charge in [-0.1, -0.05) is 48.5 Å². The predicted molar refractivity (Wildman–Crippen MR) is 84.0 cm³/mol. The van der Waals surface area contributed by atoms with Gasteiger partial charge < -0.3 is 5.11 Å². The Balaban J connectivity index is 1.97. The van der Waals surface area contributed by atoms with Crippen LogP contribution in [0.2, 0.25) is 0 Å². The molecule has 0 aliphatic carbocycles. The Morgan fingerprint density at radius 1 is 1.05 bits per heavy atom. The molecule has 0 heterocycles. The van der Waals surface area contributed by atoms with Crippen molar-refractivity contribution >= 4 is 23.8 Å². The molecule has 0 unspecified atom stereocenters. The first-order valence-electron chi connectivity index (χ1n) is 6.42. The summed E-state index contributed by atoms with van der Waals surface area (Å²) in [6.07, 6.45) is 3.83. The first-order valence-corrected chi connectivity index (χ1v) is 7.41. The summed E-state index contributed by atoms with van der Waals surface area (Å²) in [4.78, 5) is 11.7. The summed E-state index contributed by atoms with van der Waals surface area (Å²) < 4.78 is 0. The molecule has 3 heteroatoms. The van der Waals surface area contributed by atoms with Gasteiger partial charge in [0.2, 0.25) is 0 Å². The molecule has 0 amide bonds. The number of carbonyl (C=O) groups is 1. The average Bonchev–Trinajstić information content (AvgIpc) is 2.47. The molecule has 0 aliphatic rings. The Bertz CT molecular complexity index is 591. The first-order chi connectivity index (χ1) is 9.75. The number of carboxylic acids is 1. The molecule has 0 aliphatic heterocycles. The minimum atomic E-state index is -0.922. The van der Waals surface area contributed by atoms with Gasteiger partial charge in [-0.3, -0.25) is 0 Å². The van der Waals surface area contributed by atoms with Crippen LogP contribution in [-0.4, -0.2) is 16.8 Å². The molecule has 2 aromatic carbocycles. The molecule has 0 aromatic heterocycles. The molecule has 0 atom stereocenters. The number of rotatable bonds is 6. The first kappa shape index (κ1) is 14.4. The van der Waals surface area contributed by atoms with Crippen LogP contribution in [0.3, 0.4) is 0 Å². The number of hydrogen-bond donors (Lipinski definition) is 1. The zero-order chi connectivity index (χ0) is 14.2. The second-order valence-electron chi connectivity index (χ2n) is 4.29. The van der Waals surface area contributed by atoms with Crippen LogP contribution in [0.4, 0.5) is 0 Å². The van der Waals surface area contributed by atoms with Crippen LogP contribution in [-0.2, 0) is 11.2 Å². The summed E-state index contributed by atoms with van der Waals surface area (Å²) >= 11 is 1.75. The van der Waals surface area contributed by atoms with Crippen LogP contribution in [0.1, 0.15) is 11.1 Å². The van der Waals surface area contributed by atoms with E-state index in [0.717, 1.165) is 22.6 Å². The van der Waals surface area contributed by atoms with Gasteiger partial charge in [-0.25, -0.2) is 4.79 Å². The molecule has 2 nitrogen and oxygen atoms in total. The predicted octanol–water partition coefficient (Wildman–Crippen LogP) is 4.12. The maximum absolute atomic E-state index is 10.6. The summed E-state index contributed by atoms with van der Waals surface area (Å²) in [5.41, 5.74) is 2.27. The van der Waals surface area contributed by atoms with E-state index in [9.17, 15) is 4.79 Å². The van der Waals surface area contributed by atoms with Crippen LogP contribution < -0.4 is 0 Å². The number of carboxylic acid groups (broad SMARTS) is 1. The fourth-order valence-corrected chi connectivity index (χ4v) is 2.87. The van der Waals surface area contributed by atoms with Gasteiger partial charge >= 0.3 is 5.97 Å². The lowest BCUT2D eigenvalue weighted by Crippen LogP contribution is -1.90. The lowest BCUT2D eigenvalue weighted by atomic mass is 10.2. The third-order valence-electron chi connectivity index (χ3n) is 2.82. The van der Waals surface area contributed by atoms with Gasteiger partial charge in [0.25, 0.3) is 0 Å². The zero-order valence-electron chi connectivity index (χ0n) is 11.0. The number of hydrogen-bond acceptors (Lipinski definition) is 2. The van der Waals surface area contributed by atoms with Crippen LogP contribution in [0.15, 0.2) is 65.6 Å². The van der Waals surface area contributed by atoms with E-state index in [1.165, 1.54) is 11.6 Å². The van der Waals surface area contributed by atoms with Crippen molar-refractivity contribution in [1.82, 2.24) is 0 Å². The molecule has 0 spiro atoms. The highest BCUT2D eigenvalue weighted by molar-refractivity contribution is 7.99. The number of aliphatic carboxylic acids is 1. The van der Waals surface area contributed by atoms with Crippen LogP contribution >= 0.6 is 11.8 Å². The van der Waals surface area contributed by atoms with Crippen LogP contribution in [0, 0.1) is 0 Å². The van der Waals surface area contributed by atoms with Crippen molar-refractivity contribution in [2.75, 3.05) is 5.75 Å². The topological polar surface area (TPSA) is 37.3 Å². The lowest BCUT2D eigenvalue weighted by Gasteiger charge is -2.05. The van der Waals surface area contributed by atoms with E-state index in [0.29, 0.717) is 0 Å². The monoisotopic (exact) mass is 284 g/mol. The molecule has 0 saturated carbocycles.